The van der Waals surface area contributed by atoms with E-state index in [-0.39, 0.29) is 11.5 Å². The van der Waals surface area contributed by atoms with E-state index < -0.39 is 17.3 Å². The molecule has 4 heteroatoms. The molecule has 0 radical (unpaired) electrons. The number of Topliss-reactive ketones (excluding diaryl/α,β-unsaturated/α-hetero) is 1. The van der Waals surface area contributed by atoms with E-state index in [1.54, 1.807) is 36.4 Å². The summed E-state index contributed by atoms with van der Waals surface area (Å²) in [4.78, 5) is 12.4. The Morgan fingerprint density at radius 1 is 0.769 bits per heavy atom. The molecule has 0 aliphatic rings. The number of ketones is 1. The first-order valence-corrected chi connectivity index (χ1v) is 15.5. The molecule has 2 aromatic rings. The highest BCUT2D eigenvalue weighted by atomic mass is 19.1. The van der Waals surface area contributed by atoms with Crippen LogP contribution < -0.4 is 4.74 Å². The Morgan fingerprint density at radius 3 is 1.72 bits per heavy atom. The number of hydrogen-bond acceptors (Lipinski definition) is 3. The highest BCUT2D eigenvalue weighted by molar-refractivity contribution is 5.99. The molecule has 0 spiro atoms. The molecule has 0 saturated heterocycles. The van der Waals surface area contributed by atoms with Crippen LogP contribution in [0.25, 0.3) is 0 Å². The fourth-order valence-electron chi connectivity index (χ4n) is 4.92. The average Bonchev–Trinajstić information content (AvgIpc) is 2.91. The third kappa shape index (κ3) is 13.1. The van der Waals surface area contributed by atoms with Gasteiger partial charge < -0.3 is 9.84 Å². The zero-order valence-electron chi connectivity index (χ0n) is 25.1. The van der Waals surface area contributed by atoms with E-state index >= 15 is 0 Å². The Hall–Kier alpha value is -2.20. The lowest BCUT2D eigenvalue weighted by atomic mass is 9.86. The van der Waals surface area contributed by atoms with Gasteiger partial charge >= 0.3 is 0 Å². The fourth-order valence-corrected chi connectivity index (χ4v) is 4.92. The lowest BCUT2D eigenvalue weighted by molar-refractivity contribution is 0.0858. The van der Waals surface area contributed by atoms with E-state index in [2.05, 4.69) is 6.92 Å². The summed E-state index contributed by atoms with van der Waals surface area (Å²) < 4.78 is 20.4. The van der Waals surface area contributed by atoms with Crippen molar-refractivity contribution >= 4 is 5.78 Å². The first kappa shape index (κ1) is 33.0. The van der Waals surface area contributed by atoms with Gasteiger partial charge in [0.1, 0.15) is 5.75 Å². The number of benzene rings is 2. The number of hydrogen-bond donors (Lipinski definition) is 1. The van der Waals surface area contributed by atoms with Crippen LogP contribution in [0.1, 0.15) is 152 Å². The summed E-state index contributed by atoms with van der Waals surface area (Å²) in [5.74, 6) is 0.115. The van der Waals surface area contributed by atoms with E-state index in [4.69, 9.17) is 4.74 Å². The predicted octanol–water partition coefficient (Wildman–Crippen LogP) is 11.1. The monoisotopic (exact) mass is 540 g/mol. The van der Waals surface area contributed by atoms with Gasteiger partial charge in [0.15, 0.2) is 17.3 Å². The zero-order valence-corrected chi connectivity index (χ0v) is 25.1. The molecule has 0 aliphatic carbocycles. The fraction of sp³-hybridized carbons (Fsp3) is 0.629. The number of carbonyl (C=O) groups excluding carboxylic acids is 1. The van der Waals surface area contributed by atoms with Gasteiger partial charge in [-0.15, -0.1) is 0 Å². The van der Waals surface area contributed by atoms with Gasteiger partial charge in [0.2, 0.25) is 0 Å². The lowest BCUT2D eigenvalue weighted by Gasteiger charge is -2.17. The first-order chi connectivity index (χ1) is 18.7. The van der Waals surface area contributed by atoms with Gasteiger partial charge in [-0.05, 0) is 48.4 Å². The van der Waals surface area contributed by atoms with Crippen molar-refractivity contribution in [1.82, 2.24) is 0 Å². The number of aliphatic hydroxyl groups excluding tert-OH is 1. The van der Waals surface area contributed by atoms with Crippen LogP contribution in [0.5, 0.6) is 11.5 Å². The van der Waals surface area contributed by atoms with Crippen LogP contribution in [-0.4, -0.2) is 10.9 Å². The van der Waals surface area contributed by atoms with Crippen molar-refractivity contribution in [1.29, 1.82) is 0 Å². The topological polar surface area (TPSA) is 46.5 Å². The van der Waals surface area contributed by atoms with Crippen LogP contribution >= 0.6 is 0 Å². The number of ether oxygens (including phenoxy) is 1. The Balaban J connectivity index is 1.60. The molecule has 39 heavy (non-hydrogen) atoms. The van der Waals surface area contributed by atoms with Crippen LogP contribution in [0.3, 0.4) is 0 Å². The van der Waals surface area contributed by atoms with Crippen LogP contribution in [0, 0.1) is 11.2 Å². The van der Waals surface area contributed by atoms with E-state index in [0.29, 0.717) is 23.3 Å². The van der Waals surface area contributed by atoms with Gasteiger partial charge in [-0.2, -0.15) is 0 Å². The van der Waals surface area contributed by atoms with Crippen molar-refractivity contribution in [3.05, 3.63) is 59.4 Å². The minimum Gasteiger partial charge on any atom is -0.454 e. The molecule has 0 amide bonds. The third-order valence-corrected chi connectivity index (χ3v) is 7.45. The van der Waals surface area contributed by atoms with Gasteiger partial charge in [0.25, 0.3) is 0 Å². The Kier molecular flexibility index (Phi) is 15.4. The predicted molar refractivity (Wildman–Crippen MR) is 161 cm³/mol. The van der Waals surface area contributed by atoms with Crippen molar-refractivity contribution < 1.29 is 19.0 Å². The highest BCUT2D eigenvalue weighted by Crippen LogP contribution is 2.30. The van der Waals surface area contributed by atoms with Crippen molar-refractivity contribution in [3.8, 4) is 11.5 Å². The van der Waals surface area contributed by atoms with Crippen LogP contribution in [0.4, 0.5) is 4.39 Å². The quantitative estimate of drug-likeness (QED) is 0.134. The summed E-state index contributed by atoms with van der Waals surface area (Å²) in [5, 5.41) is 10.5. The molecule has 0 fully saturated rings. The van der Waals surface area contributed by atoms with E-state index in [1.807, 2.05) is 20.8 Å². The maximum absolute atomic E-state index is 14.7. The first-order valence-electron chi connectivity index (χ1n) is 15.5. The van der Waals surface area contributed by atoms with Crippen molar-refractivity contribution in [2.24, 2.45) is 5.41 Å². The normalized spacial score (nSPS) is 12.5. The van der Waals surface area contributed by atoms with Crippen LogP contribution in [0.15, 0.2) is 42.5 Å². The van der Waals surface area contributed by atoms with Crippen LogP contribution in [0.2, 0.25) is 0 Å². The molecule has 1 unspecified atom stereocenters. The van der Waals surface area contributed by atoms with Crippen molar-refractivity contribution in [2.45, 2.75) is 137 Å². The molecule has 0 heterocycles. The molecule has 2 rings (SSSR count). The molecule has 0 aromatic heterocycles. The van der Waals surface area contributed by atoms with Crippen LogP contribution in [-0.2, 0) is 0 Å². The largest absolute Gasteiger partial charge is 0.454 e. The summed E-state index contributed by atoms with van der Waals surface area (Å²) >= 11 is 0. The molecule has 0 saturated carbocycles. The smallest absolute Gasteiger partial charge is 0.168 e. The van der Waals surface area contributed by atoms with Gasteiger partial charge in [-0.3, -0.25) is 4.79 Å². The molecule has 0 bridgehead atoms. The molecule has 1 atom stereocenters. The van der Waals surface area contributed by atoms with E-state index in [1.165, 1.54) is 89.5 Å². The lowest BCUT2D eigenvalue weighted by Crippen LogP contribution is -2.19. The number of rotatable bonds is 20. The number of halogens is 1. The molecule has 0 aliphatic heterocycles. The molecule has 3 nitrogen and oxygen atoms in total. The maximum atomic E-state index is 14.7. The third-order valence-electron chi connectivity index (χ3n) is 7.45. The number of carbonyl (C=O) groups is 1. The number of unbranched alkanes of at least 4 members (excludes halogenated alkanes) is 14. The summed E-state index contributed by atoms with van der Waals surface area (Å²) in [6.45, 7) is 7.91. The van der Waals surface area contributed by atoms with Gasteiger partial charge in [0.05, 0.1) is 6.10 Å². The number of aliphatic hydroxyl groups is 1. The summed E-state index contributed by atoms with van der Waals surface area (Å²) in [6.07, 6.45) is 19.6. The van der Waals surface area contributed by atoms with Crippen molar-refractivity contribution in [2.75, 3.05) is 0 Å². The molecular weight excluding hydrogens is 487 g/mol. The van der Waals surface area contributed by atoms with E-state index in [9.17, 15) is 14.3 Å². The molecule has 1 N–H and O–H groups in total. The Bertz CT molecular complexity index is 945. The SMILES string of the molecule is CCCCCCCCCCCCCCCCCC(O)c1ccc(Oc2ccc(C(=O)C(C)(C)C)cc2)c(F)c1. The summed E-state index contributed by atoms with van der Waals surface area (Å²) in [6, 6.07) is 11.4. The summed E-state index contributed by atoms with van der Waals surface area (Å²) in [5.41, 5.74) is 0.723. The molecular formula is C35H53FO3. The minimum absolute atomic E-state index is 0.0488. The maximum Gasteiger partial charge on any atom is 0.168 e. The second kappa shape index (κ2) is 18.2. The summed E-state index contributed by atoms with van der Waals surface area (Å²) in [7, 11) is 0. The standard InChI is InChI=1S/C35H53FO3/c1-5-6-7-8-9-10-11-12-13-14-15-16-17-18-19-20-32(37)29-23-26-33(31(36)27-29)39-30-24-21-28(22-25-30)34(38)35(2,3)4/h21-27,32,37H,5-20H2,1-4H3. The Morgan fingerprint density at radius 2 is 1.26 bits per heavy atom. The van der Waals surface area contributed by atoms with Gasteiger partial charge in [-0.25, -0.2) is 4.39 Å². The van der Waals surface area contributed by atoms with Gasteiger partial charge in [-0.1, -0.05) is 130 Å². The zero-order chi connectivity index (χ0) is 28.5. The van der Waals surface area contributed by atoms with E-state index in [0.717, 1.165) is 12.8 Å². The Labute approximate surface area is 237 Å². The highest BCUT2D eigenvalue weighted by Gasteiger charge is 2.22. The average molecular weight is 541 g/mol. The minimum atomic E-state index is -0.668. The molecule has 2 aromatic carbocycles. The second-order valence-electron chi connectivity index (χ2n) is 12.1. The second-order valence-corrected chi connectivity index (χ2v) is 12.1. The molecule has 218 valence electrons. The van der Waals surface area contributed by atoms with Crippen molar-refractivity contribution in [3.63, 3.8) is 0 Å². The van der Waals surface area contributed by atoms with Gasteiger partial charge in [0, 0.05) is 11.0 Å².